The first-order valence-corrected chi connectivity index (χ1v) is 5.60. The fourth-order valence-electron chi connectivity index (χ4n) is 2.15. The highest BCUT2D eigenvalue weighted by Gasteiger charge is 2.43. The molecule has 5 nitrogen and oxygen atoms in total. The molecule has 2 amide bonds. The molecule has 1 saturated heterocycles. The van der Waals surface area contributed by atoms with Gasteiger partial charge in [0.25, 0.3) is 0 Å². The number of carbonyl (C=O) groups is 2. The van der Waals surface area contributed by atoms with Crippen LogP contribution in [-0.2, 0) is 14.3 Å². The predicted octanol–water partition coefficient (Wildman–Crippen LogP) is 0.372. The molecule has 1 N–H and O–H groups in total. The van der Waals surface area contributed by atoms with Crippen LogP contribution in [0.3, 0.4) is 0 Å². The Hall–Kier alpha value is -1.52. The summed E-state index contributed by atoms with van der Waals surface area (Å²) in [4.78, 5) is 25.4. The summed E-state index contributed by atoms with van der Waals surface area (Å²) in [5.41, 5.74) is 0. The third-order valence-corrected chi connectivity index (χ3v) is 2.97. The van der Waals surface area contributed by atoms with Crippen molar-refractivity contribution in [2.24, 2.45) is 0 Å². The van der Waals surface area contributed by atoms with E-state index in [1.165, 1.54) is 11.2 Å². The van der Waals surface area contributed by atoms with Gasteiger partial charge in [-0.1, -0.05) is 13.3 Å². The number of rotatable bonds is 2. The van der Waals surface area contributed by atoms with Gasteiger partial charge in [0.2, 0.25) is 11.8 Å². The lowest BCUT2D eigenvalue weighted by atomic mass is 10.0. The summed E-state index contributed by atoms with van der Waals surface area (Å²) in [7, 11) is 0. The molecular weight excluding hydrogens is 208 g/mol. The third-order valence-electron chi connectivity index (χ3n) is 2.97. The molecule has 0 unspecified atom stereocenters. The fourth-order valence-corrected chi connectivity index (χ4v) is 2.15. The van der Waals surface area contributed by atoms with Crippen LogP contribution in [0.4, 0.5) is 0 Å². The molecule has 0 aromatic rings. The van der Waals surface area contributed by atoms with Crippen molar-refractivity contribution in [3.63, 3.8) is 0 Å². The maximum atomic E-state index is 12.0. The quantitative estimate of drug-likeness (QED) is 0.737. The zero-order valence-corrected chi connectivity index (χ0v) is 9.47. The number of piperazine rings is 1. The topological polar surface area (TPSA) is 58.6 Å². The second-order valence-electron chi connectivity index (χ2n) is 4.17. The molecule has 2 aliphatic rings. The molecule has 0 saturated carbocycles. The second-order valence-corrected chi connectivity index (χ2v) is 4.17. The minimum Gasteiger partial charge on any atom is -0.494 e. The highest BCUT2D eigenvalue weighted by Crippen LogP contribution is 2.21. The van der Waals surface area contributed by atoms with Gasteiger partial charge in [-0.15, -0.1) is 0 Å². The van der Waals surface area contributed by atoms with Crippen LogP contribution in [0.2, 0.25) is 0 Å². The molecule has 0 aromatic carbocycles. The summed E-state index contributed by atoms with van der Waals surface area (Å²) in [6.07, 6.45) is 4.27. The van der Waals surface area contributed by atoms with E-state index in [0.717, 1.165) is 6.42 Å². The molecule has 5 heteroatoms. The Morgan fingerprint density at radius 3 is 2.94 bits per heavy atom. The Morgan fingerprint density at radius 1 is 1.50 bits per heavy atom. The number of fused-ring (bicyclic) bond motifs is 1. The largest absolute Gasteiger partial charge is 0.494 e. The SMILES string of the molecule is CCC[C@H]1NC(=O)[C@@H]2[C@@H](C)OC=CN2C1=O. The van der Waals surface area contributed by atoms with Crippen molar-refractivity contribution in [2.75, 3.05) is 0 Å². The lowest BCUT2D eigenvalue weighted by molar-refractivity contribution is -0.152. The molecule has 0 aromatic heterocycles. The normalized spacial score (nSPS) is 33.1. The molecule has 2 rings (SSSR count). The van der Waals surface area contributed by atoms with Crippen LogP contribution in [0, 0.1) is 0 Å². The summed E-state index contributed by atoms with van der Waals surface area (Å²) < 4.78 is 5.23. The Labute approximate surface area is 94.4 Å². The van der Waals surface area contributed by atoms with Crippen LogP contribution in [-0.4, -0.2) is 34.9 Å². The number of amides is 2. The van der Waals surface area contributed by atoms with E-state index < -0.39 is 6.04 Å². The zero-order chi connectivity index (χ0) is 11.7. The molecule has 0 spiro atoms. The van der Waals surface area contributed by atoms with Gasteiger partial charge in [0, 0.05) is 6.20 Å². The molecule has 0 bridgehead atoms. The van der Waals surface area contributed by atoms with E-state index in [1.54, 1.807) is 13.1 Å². The molecule has 0 radical (unpaired) electrons. The smallest absolute Gasteiger partial charge is 0.250 e. The van der Waals surface area contributed by atoms with E-state index in [2.05, 4.69) is 5.32 Å². The molecule has 88 valence electrons. The number of hydrogen-bond acceptors (Lipinski definition) is 3. The van der Waals surface area contributed by atoms with Crippen molar-refractivity contribution in [1.29, 1.82) is 0 Å². The highest BCUT2D eigenvalue weighted by molar-refractivity contribution is 5.98. The number of nitrogens with one attached hydrogen (secondary N) is 1. The minimum atomic E-state index is -0.523. The summed E-state index contributed by atoms with van der Waals surface area (Å²) >= 11 is 0. The molecule has 2 heterocycles. The van der Waals surface area contributed by atoms with Gasteiger partial charge in [-0.3, -0.25) is 14.5 Å². The molecule has 3 atom stereocenters. The Bertz CT molecular complexity index is 340. The van der Waals surface area contributed by atoms with Crippen molar-refractivity contribution >= 4 is 11.8 Å². The van der Waals surface area contributed by atoms with Crippen LogP contribution in [0.25, 0.3) is 0 Å². The number of hydrogen-bond donors (Lipinski definition) is 1. The van der Waals surface area contributed by atoms with E-state index in [1.807, 2.05) is 6.92 Å². The Balaban J connectivity index is 2.22. The first-order chi connectivity index (χ1) is 7.65. The van der Waals surface area contributed by atoms with Gasteiger partial charge >= 0.3 is 0 Å². The van der Waals surface area contributed by atoms with E-state index in [4.69, 9.17) is 4.74 Å². The van der Waals surface area contributed by atoms with E-state index in [9.17, 15) is 9.59 Å². The van der Waals surface area contributed by atoms with Crippen LogP contribution in [0.15, 0.2) is 12.5 Å². The molecule has 2 aliphatic heterocycles. The van der Waals surface area contributed by atoms with Gasteiger partial charge in [0.15, 0.2) is 6.04 Å². The lowest BCUT2D eigenvalue weighted by Gasteiger charge is -2.41. The monoisotopic (exact) mass is 224 g/mol. The molecule has 0 aliphatic carbocycles. The maximum Gasteiger partial charge on any atom is 0.250 e. The van der Waals surface area contributed by atoms with Crippen molar-refractivity contribution in [3.8, 4) is 0 Å². The second kappa shape index (κ2) is 4.15. The predicted molar refractivity (Wildman–Crippen MR) is 57.2 cm³/mol. The van der Waals surface area contributed by atoms with Crippen LogP contribution in [0.5, 0.6) is 0 Å². The van der Waals surface area contributed by atoms with Crippen molar-refractivity contribution < 1.29 is 14.3 Å². The first kappa shape index (κ1) is 11.0. The summed E-state index contributed by atoms with van der Waals surface area (Å²) in [5.74, 6) is -0.173. The molecule has 1 fully saturated rings. The minimum absolute atomic E-state index is 0.0437. The van der Waals surface area contributed by atoms with Gasteiger partial charge in [-0.05, 0) is 13.3 Å². The van der Waals surface area contributed by atoms with Gasteiger partial charge in [0.05, 0.1) is 6.26 Å². The summed E-state index contributed by atoms with van der Waals surface area (Å²) in [5, 5.41) is 2.75. The van der Waals surface area contributed by atoms with Crippen LogP contribution >= 0.6 is 0 Å². The molecular formula is C11H16N2O3. The van der Waals surface area contributed by atoms with Gasteiger partial charge in [-0.25, -0.2) is 0 Å². The highest BCUT2D eigenvalue weighted by atomic mass is 16.5. The zero-order valence-electron chi connectivity index (χ0n) is 9.47. The van der Waals surface area contributed by atoms with Crippen molar-refractivity contribution in [1.82, 2.24) is 10.2 Å². The van der Waals surface area contributed by atoms with Crippen LogP contribution in [0.1, 0.15) is 26.7 Å². The van der Waals surface area contributed by atoms with Crippen molar-refractivity contribution in [2.45, 2.75) is 44.9 Å². The van der Waals surface area contributed by atoms with E-state index in [0.29, 0.717) is 6.42 Å². The average molecular weight is 224 g/mol. The maximum absolute atomic E-state index is 12.0. The Kier molecular flexibility index (Phi) is 2.85. The first-order valence-electron chi connectivity index (χ1n) is 5.60. The van der Waals surface area contributed by atoms with E-state index >= 15 is 0 Å². The van der Waals surface area contributed by atoms with Gasteiger partial charge < -0.3 is 10.1 Å². The van der Waals surface area contributed by atoms with Crippen LogP contribution < -0.4 is 5.32 Å². The van der Waals surface area contributed by atoms with E-state index in [-0.39, 0.29) is 24.0 Å². The van der Waals surface area contributed by atoms with Gasteiger partial charge in [0.1, 0.15) is 12.1 Å². The fraction of sp³-hybridized carbons (Fsp3) is 0.636. The number of ether oxygens (including phenoxy) is 1. The Morgan fingerprint density at radius 2 is 2.25 bits per heavy atom. The number of carbonyl (C=O) groups excluding carboxylic acids is 2. The number of nitrogens with zero attached hydrogens (tertiary/aromatic N) is 1. The summed E-state index contributed by atoms with van der Waals surface area (Å²) in [6.45, 7) is 3.78. The van der Waals surface area contributed by atoms with Gasteiger partial charge in [-0.2, -0.15) is 0 Å². The molecule has 16 heavy (non-hydrogen) atoms. The average Bonchev–Trinajstić information content (AvgIpc) is 2.25. The third kappa shape index (κ3) is 1.66. The van der Waals surface area contributed by atoms with Crippen molar-refractivity contribution in [3.05, 3.63) is 12.5 Å². The summed E-state index contributed by atoms with van der Waals surface area (Å²) in [6, 6.07) is -0.908. The lowest BCUT2D eigenvalue weighted by Crippen LogP contribution is -2.65. The standard InChI is InChI=1S/C11H16N2O3/c1-3-4-8-11(15)13-5-6-16-7(2)9(13)10(14)12-8/h5-9H,3-4H2,1-2H3,(H,12,14)/t7-,8-,9+/m1/s1.